The van der Waals surface area contributed by atoms with E-state index in [1.54, 1.807) is 0 Å². The molecule has 1 N–H and O–H groups in total. The molecule has 3 aromatic rings. The quantitative estimate of drug-likeness (QED) is 0.682. The molecule has 0 spiro atoms. The van der Waals surface area contributed by atoms with Crippen LogP contribution in [0.15, 0.2) is 66.7 Å². The van der Waals surface area contributed by atoms with Crippen molar-refractivity contribution in [3.8, 4) is 5.75 Å². The number of carbonyl (C=O) groups is 1. The molecule has 0 saturated carbocycles. The molecule has 4 heteroatoms. The highest BCUT2D eigenvalue weighted by atomic mass is 16.5. The van der Waals surface area contributed by atoms with Crippen molar-refractivity contribution in [1.82, 2.24) is 10.2 Å². The fourth-order valence-corrected chi connectivity index (χ4v) is 3.31. The summed E-state index contributed by atoms with van der Waals surface area (Å²) in [6, 6.07) is 22.1. The predicted molar refractivity (Wildman–Crippen MR) is 110 cm³/mol. The van der Waals surface area contributed by atoms with Crippen molar-refractivity contribution in [2.45, 2.75) is 13.0 Å². The lowest BCUT2D eigenvalue weighted by molar-refractivity contribution is 0.0940. The Balaban J connectivity index is 1.88. The molecule has 0 aromatic heterocycles. The molecule has 0 aliphatic heterocycles. The van der Waals surface area contributed by atoms with Gasteiger partial charge in [-0.2, -0.15) is 0 Å². The van der Waals surface area contributed by atoms with Gasteiger partial charge in [-0.3, -0.25) is 4.79 Å². The number of likely N-dealkylation sites (N-methyl/N-ethyl adjacent to an activating group) is 1. The standard InChI is InChI=1S/C23H26N2O2/c1-4-27-21-15-14-17-10-8-9-13-19(17)22(21)23(26)24-16-20(25(2)3)18-11-6-5-7-12-18/h5-15,20H,4,16H2,1-3H3,(H,24,26)/t20-/m0/s1. The van der Waals surface area contributed by atoms with Crippen LogP contribution < -0.4 is 10.1 Å². The molecule has 140 valence electrons. The Morgan fingerprint density at radius 2 is 1.70 bits per heavy atom. The molecule has 0 saturated heterocycles. The summed E-state index contributed by atoms with van der Waals surface area (Å²) in [7, 11) is 4.04. The maximum Gasteiger partial charge on any atom is 0.255 e. The van der Waals surface area contributed by atoms with Gasteiger partial charge >= 0.3 is 0 Å². The highest BCUT2D eigenvalue weighted by Crippen LogP contribution is 2.28. The minimum Gasteiger partial charge on any atom is -0.493 e. The Bertz CT molecular complexity index is 907. The molecule has 0 radical (unpaired) electrons. The van der Waals surface area contributed by atoms with Crippen molar-refractivity contribution < 1.29 is 9.53 Å². The molecule has 0 bridgehead atoms. The third kappa shape index (κ3) is 4.29. The zero-order chi connectivity index (χ0) is 19.2. The van der Waals surface area contributed by atoms with E-state index in [0.29, 0.717) is 24.5 Å². The topological polar surface area (TPSA) is 41.6 Å². The Kier molecular flexibility index (Phi) is 6.09. The second-order valence-corrected chi connectivity index (χ2v) is 6.69. The summed E-state index contributed by atoms with van der Waals surface area (Å²) < 4.78 is 5.73. The van der Waals surface area contributed by atoms with Crippen LogP contribution in [0.1, 0.15) is 28.9 Å². The average molecular weight is 362 g/mol. The molecule has 1 atom stereocenters. The van der Waals surface area contributed by atoms with E-state index in [0.717, 1.165) is 10.8 Å². The molecule has 0 unspecified atom stereocenters. The molecule has 1 amide bonds. The van der Waals surface area contributed by atoms with Crippen LogP contribution in [0.25, 0.3) is 10.8 Å². The minimum atomic E-state index is -0.113. The molecule has 0 fully saturated rings. The summed E-state index contributed by atoms with van der Waals surface area (Å²) in [5.41, 5.74) is 1.77. The molecule has 27 heavy (non-hydrogen) atoms. The second kappa shape index (κ2) is 8.69. The van der Waals surface area contributed by atoms with Gasteiger partial charge in [0.15, 0.2) is 0 Å². The van der Waals surface area contributed by atoms with Crippen LogP contribution in [0, 0.1) is 0 Å². The maximum absolute atomic E-state index is 13.1. The van der Waals surface area contributed by atoms with E-state index in [2.05, 4.69) is 22.3 Å². The van der Waals surface area contributed by atoms with Gasteiger partial charge < -0.3 is 15.0 Å². The van der Waals surface area contributed by atoms with Crippen LogP contribution >= 0.6 is 0 Å². The van der Waals surface area contributed by atoms with Crippen molar-refractivity contribution in [3.05, 3.63) is 77.9 Å². The van der Waals surface area contributed by atoms with Gasteiger partial charge in [0, 0.05) is 6.54 Å². The van der Waals surface area contributed by atoms with Crippen molar-refractivity contribution in [1.29, 1.82) is 0 Å². The van der Waals surface area contributed by atoms with Crippen molar-refractivity contribution >= 4 is 16.7 Å². The number of carbonyl (C=O) groups excluding carboxylic acids is 1. The Labute approximate surface area is 160 Å². The molecular formula is C23H26N2O2. The van der Waals surface area contributed by atoms with Gasteiger partial charge in [0.2, 0.25) is 0 Å². The van der Waals surface area contributed by atoms with Gasteiger partial charge in [-0.25, -0.2) is 0 Å². The number of hydrogen-bond acceptors (Lipinski definition) is 3. The maximum atomic E-state index is 13.1. The minimum absolute atomic E-state index is 0.0978. The van der Waals surface area contributed by atoms with E-state index >= 15 is 0 Å². The van der Waals surface area contributed by atoms with E-state index in [9.17, 15) is 4.79 Å². The number of nitrogens with one attached hydrogen (secondary N) is 1. The van der Waals surface area contributed by atoms with Gasteiger partial charge in [0.1, 0.15) is 5.75 Å². The zero-order valence-corrected chi connectivity index (χ0v) is 16.1. The summed E-state index contributed by atoms with van der Waals surface area (Å²) in [5.74, 6) is 0.507. The molecule has 0 aliphatic rings. The summed E-state index contributed by atoms with van der Waals surface area (Å²) in [6.45, 7) is 2.96. The first-order valence-corrected chi connectivity index (χ1v) is 9.26. The Hall–Kier alpha value is -2.85. The lowest BCUT2D eigenvalue weighted by atomic mass is 10.0. The summed E-state index contributed by atoms with van der Waals surface area (Å²) in [4.78, 5) is 15.2. The summed E-state index contributed by atoms with van der Waals surface area (Å²) in [5, 5.41) is 5.04. The van der Waals surface area contributed by atoms with E-state index in [1.807, 2.05) is 75.6 Å². The van der Waals surface area contributed by atoms with Crippen LogP contribution in [-0.4, -0.2) is 38.1 Å². The highest BCUT2D eigenvalue weighted by molar-refractivity contribution is 6.09. The lowest BCUT2D eigenvalue weighted by Crippen LogP contribution is -2.34. The Morgan fingerprint density at radius 3 is 2.41 bits per heavy atom. The summed E-state index contributed by atoms with van der Waals surface area (Å²) >= 11 is 0. The van der Waals surface area contributed by atoms with Gasteiger partial charge in [-0.05, 0) is 43.4 Å². The largest absolute Gasteiger partial charge is 0.493 e. The normalized spacial score (nSPS) is 12.1. The first-order chi connectivity index (χ1) is 13.1. The van der Waals surface area contributed by atoms with E-state index in [4.69, 9.17) is 4.74 Å². The molecule has 3 rings (SSSR count). The zero-order valence-electron chi connectivity index (χ0n) is 16.1. The number of benzene rings is 3. The third-order valence-electron chi connectivity index (χ3n) is 4.68. The highest BCUT2D eigenvalue weighted by Gasteiger charge is 2.19. The fraction of sp³-hybridized carbons (Fsp3) is 0.261. The van der Waals surface area contributed by atoms with E-state index < -0.39 is 0 Å². The van der Waals surface area contributed by atoms with Gasteiger partial charge in [-0.1, -0.05) is 60.7 Å². The van der Waals surface area contributed by atoms with Gasteiger partial charge in [0.25, 0.3) is 5.91 Å². The van der Waals surface area contributed by atoms with Gasteiger partial charge in [-0.15, -0.1) is 0 Å². The Morgan fingerprint density at radius 1 is 1.00 bits per heavy atom. The van der Waals surface area contributed by atoms with Crippen LogP contribution in [-0.2, 0) is 0 Å². The third-order valence-corrected chi connectivity index (χ3v) is 4.68. The van der Waals surface area contributed by atoms with Crippen LogP contribution in [0.2, 0.25) is 0 Å². The van der Waals surface area contributed by atoms with Crippen molar-refractivity contribution in [3.63, 3.8) is 0 Å². The summed E-state index contributed by atoms with van der Waals surface area (Å²) in [6.07, 6.45) is 0. The second-order valence-electron chi connectivity index (χ2n) is 6.69. The fourth-order valence-electron chi connectivity index (χ4n) is 3.31. The molecular weight excluding hydrogens is 336 g/mol. The first-order valence-electron chi connectivity index (χ1n) is 9.26. The average Bonchev–Trinajstić information content (AvgIpc) is 2.68. The first kappa shape index (κ1) is 18.9. The molecule has 0 heterocycles. The number of amides is 1. The van der Waals surface area contributed by atoms with Crippen molar-refractivity contribution in [2.24, 2.45) is 0 Å². The van der Waals surface area contributed by atoms with E-state index in [-0.39, 0.29) is 11.9 Å². The number of rotatable bonds is 7. The van der Waals surface area contributed by atoms with Crippen LogP contribution in [0.4, 0.5) is 0 Å². The number of hydrogen-bond donors (Lipinski definition) is 1. The molecule has 3 aromatic carbocycles. The predicted octanol–water partition coefficient (Wildman–Crippen LogP) is 4.27. The van der Waals surface area contributed by atoms with E-state index in [1.165, 1.54) is 5.56 Å². The molecule has 0 aliphatic carbocycles. The number of ether oxygens (including phenoxy) is 1. The monoisotopic (exact) mass is 362 g/mol. The van der Waals surface area contributed by atoms with Crippen LogP contribution in [0.3, 0.4) is 0 Å². The SMILES string of the molecule is CCOc1ccc2ccccc2c1C(=O)NC[C@@H](c1ccccc1)N(C)C. The van der Waals surface area contributed by atoms with Crippen molar-refractivity contribution in [2.75, 3.05) is 27.2 Å². The van der Waals surface area contributed by atoms with Gasteiger partial charge in [0.05, 0.1) is 18.2 Å². The lowest BCUT2D eigenvalue weighted by Gasteiger charge is -2.25. The number of nitrogens with zero attached hydrogens (tertiary/aromatic N) is 1. The number of fused-ring (bicyclic) bond motifs is 1. The smallest absolute Gasteiger partial charge is 0.255 e. The van der Waals surface area contributed by atoms with Crippen LogP contribution in [0.5, 0.6) is 5.75 Å². The molecule has 4 nitrogen and oxygen atoms in total.